The molecule has 0 saturated heterocycles. The molecule has 3 aromatic rings. The molecule has 21 heavy (non-hydrogen) atoms. The van der Waals surface area contributed by atoms with Gasteiger partial charge in [-0.1, -0.05) is 55.8 Å². The molecular formula is C19H20OS. The first kappa shape index (κ1) is 14.3. The van der Waals surface area contributed by atoms with Crippen LogP contribution in [0.15, 0.2) is 54.6 Å². The molecule has 0 bridgehead atoms. The standard InChI is InChI=1S/C19H20OS/c1-3-6-14-9-11-16(12-10-14)19(2,20)18-13-15-7-4-5-8-17(15)21-18/h4-5,7-13,20H,3,6H2,1-2H3. The maximum Gasteiger partial charge on any atom is 0.121 e. The SMILES string of the molecule is CCCc1ccc(C(C)(O)c2cc3ccccc3s2)cc1. The fourth-order valence-electron chi connectivity index (χ4n) is 2.65. The number of benzene rings is 2. The number of hydrogen-bond donors (Lipinski definition) is 1. The molecule has 1 unspecified atom stereocenters. The largest absolute Gasteiger partial charge is 0.380 e. The molecule has 0 saturated carbocycles. The van der Waals surface area contributed by atoms with E-state index in [0.717, 1.165) is 23.3 Å². The minimum Gasteiger partial charge on any atom is -0.380 e. The van der Waals surface area contributed by atoms with Gasteiger partial charge in [-0.3, -0.25) is 0 Å². The summed E-state index contributed by atoms with van der Waals surface area (Å²) in [5.74, 6) is 0. The van der Waals surface area contributed by atoms with Crippen molar-refractivity contribution in [2.24, 2.45) is 0 Å². The second kappa shape index (κ2) is 5.63. The van der Waals surface area contributed by atoms with Gasteiger partial charge in [-0.25, -0.2) is 0 Å². The van der Waals surface area contributed by atoms with Crippen LogP contribution in [0.3, 0.4) is 0 Å². The third-order valence-corrected chi connectivity index (χ3v) is 5.29. The van der Waals surface area contributed by atoms with Gasteiger partial charge < -0.3 is 5.11 Å². The Balaban J connectivity index is 1.98. The lowest BCUT2D eigenvalue weighted by atomic mass is 9.92. The molecule has 0 aliphatic heterocycles. The highest BCUT2D eigenvalue weighted by Crippen LogP contribution is 2.37. The van der Waals surface area contributed by atoms with Crippen molar-refractivity contribution in [3.63, 3.8) is 0 Å². The van der Waals surface area contributed by atoms with E-state index < -0.39 is 5.60 Å². The molecule has 0 radical (unpaired) electrons. The lowest BCUT2D eigenvalue weighted by molar-refractivity contribution is 0.106. The van der Waals surface area contributed by atoms with Crippen molar-refractivity contribution in [1.29, 1.82) is 0 Å². The Morgan fingerprint density at radius 3 is 2.43 bits per heavy atom. The number of fused-ring (bicyclic) bond motifs is 1. The van der Waals surface area contributed by atoms with Crippen molar-refractivity contribution in [1.82, 2.24) is 0 Å². The van der Waals surface area contributed by atoms with Crippen molar-refractivity contribution in [2.45, 2.75) is 32.3 Å². The molecule has 0 aliphatic rings. The van der Waals surface area contributed by atoms with Crippen LogP contribution < -0.4 is 0 Å². The maximum absolute atomic E-state index is 11.0. The van der Waals surface area contributed by atoms with Gasteiger partial charge in [0.05, 0.1) is 0 Å². The van der Waals surface area contributed by atoms with E-state index in [4.69, 9.17) is 0 Å². The fraction of sp³-hybridized carbons (Fsp3) is 0.263. The number of thiophene rings is 1. The second-order valence-electron chi connectivity index (χ2n) is 5.67. The van der Waals surface area contributed by atoms with E-state index >= 15 is 0 Å². The van der Waals surface area contributed by atoms with E-state index in [0.29, 0.717) is 0 Å². The van der Waals surface area contributed by atoms with E-state index in [2.05, 4.69) is 49.4 Å². The van der Waals surface area contributed by atoms with Crippen LogP contribution in [0.4, 0.5) is 0 Å². The Kier molecular flexibility index (Phi) is 3.83. The molecular weight excluding hydrogens is 276 g/mol. The van der Waals surface area contributed by atoms with Crippen LogP contribution in [-0.2, 0) is 12.0 Å². The van der Waals surface area contributed by atoms with E-state index in [1.807, 2.05) is 19.1 Å². The normalized spacial score (nSPS) is 14.2. The summed E-state index contributed by atoms with van der Waals surface area (Å²) in [6.45, 7) is 4.06. The molecule has 1 nitrogen and oxygen atoms in total. The van der Waals surface area contributed by atoms with Crippen molar-refractivity contribution in [2.75, 3.05) is 0 Å². The monoisotopic (exact) mass is 296 g/mol. The van der Waals surface area contributed by atoms with Gasteiger partial charge in [0.15, 0.2) is 0 Å². The Bertz CT molecular complexity index is 705. The van der Waals surface area contributed by atoms with Gasteiger partial charge in [-0.15, -0.1) is 11.3 Å². The predicted octanol–water partition coefficient (Wildman–Crippen LogP) is 5.11. The number of aryl methyl sites for hydroxylation is 1. The van der Waals surface area contributed by atoms with E-state index in [1.165, 1.54) is 15.6 Å². The van der Waals surface area contributed by atoms with Gasteiger partial charge >= 0.3 is 0 Å². The highest BCUT2D eigenvalue weighted by molar-refractivity contribution is 7.19. The summed E-state index contributed by atoms with van der Waals surface area (Å²) < 4.78 is 1.22. The highest BCUT2D eigenvalue weighted by Gasteiger charge is 2.27. The van der Waals surface area contributed by atoms with Crippen LogP contribution >= 0.6 is 11.3 Å². The van der Waals surface area contributed by atoms with Crippen LogP contribution in [0.5, 0.6) is 0 Å². The van der Waals surface area contributed by atoms with E-state index in [9.17, 15) is 5.11 Å². The number of aliphatic hydroxyl groups is 1. The average molecular weight is 296 g/mol. The van der Waals surface area contributed by atoms with Gasteiger partial charge in [0.25, 0.3) is 0 Å². The molecule has 3 rings (SSSR count). The zero-order valence-corrected chi connectivity index (χ0v) is 13.3. The summed E-state index contributed by atoms with van der Waals surface area (Å²) in [5.41, 5.74) is 1.34. The van der Waals surface area contributed by atoms with E-state index in [-0.39, 0.29) is 0 Å². The molecule has 1 heterocycles. The van der Waals surface area contributed by atoms with E-state index in [1.54, 1.807) is 11.3 Å². The summed E-state index contributed by atoms with van der Waals surface area (Å²) in [7, 11) is 0. The minimum atomic E-state index is -0.936. The zero-order chi connectivity index (χ0) is 14.9. The molecule has 1 N–H and O–H groups in total. The Hall–Kier alpha value is -1.64. The van der Waals surface area contributed by atoms with Gasteiger partial charge in [0.2, 0.25) is 0 Å². The lowest BCUT2D eigenvalue weighted by Crippen LogP contribution is -2.21. The maximum atomic E-state index is 11.0. The van der Waals surface area contributed by atoms with Crippen LogP contribution in [0, 0.1) is 0 Å². The lowest BCUT2D eigenvalue weighted by Gasteiger charge is -2.22. The smallest absolute Gasteiger partial charge is 0.121 e. The minimum absolute atomic E-state index is 0.936. The Morgan fingerprint density at radius 2 is 1.76 bits per heavy atom. The molecule has 1 atom stereocenters. The summed E-state index contributed by atoms with van der Waals surface area (Å²) in [4.78, 5) is 0.993. The van der Waals surface area contributed by atoms with Gasteiger partial charge in [-0.2, -0.15) is 0 Å². The zero-order valence-electron chi connectivity index (χ0n) is 12.5. The van der Waals surface area contributed by atoms with Gasteiger partial charge in [-0.05, 0) is 42.0 Å². The first-order valence-corrected chi connectivity index (χ1v) is 8.24. The van der Waals surface area contributed by atoms with Crippen molar-refractivity contribution in [3.8, 4) is 0 Å². The summed E-state index contributed by atoms with van der Waals surface area (Å²) >= 11 is 1.66. The highest BCUT2D eigenvalue weighted by atomic mass is 32.1. The number of hydrogen-bond acceptors (Lipinski definition) is 2. The van der Waals surface area contributed by atoms with Crippen LogP contribution in [0.25, 0.3) is 10.1 Å². The Morgan fingerprint density at radius 1 is 1.05 bits per heavy atom. The first-order chi connectivity index (χ1) is 10.1. The summed E-state index contributed by atoms with van der Waals surface area (Å²) in [6.07, 6.45) is 2.23. The molecule has 2 aromatic carbocycles. The predicted molar refractivity (Wildman–Crippen MR) is 90.9 cm³/mol. The van der Waals surface area contributed by atoms with Crippen molar-refractivity contribution < 1.29 is 5.11 Å². The van der Waals surface area contributed by atoms with Crippen molar-refractivity contribution in [3.05, 3.63) is 70.6 Å². The molecule has 0 aliphatic carbocycles. The summed E-state index contributed by atoms with van der Waals surface area (Å²) in [6, 6.07) is 18.7. The third-order valence-electron chi connectivity index (χ3n) is 3.96. The van der Waals surface area contributed by atoms with Crippen molar-refractivity contribution >= 4 is 21.4 Å². The molecule has 0 spiro atoms. The molecule has 1 aromatic heterocycles. The molecule has 0 amide bonds. The molecule has 0 fully saturated rings. The van der Waals surface area contributed by atoms with Gasteiger partial charge in [0, 0.05) is 9.58 Å². The summed E-state index contributed by atoms with van der Waals surface area (Å²) in [5, 5.41) is 12.2. The first-order valence-electron chi connectivity index (χ1n) is 7.42. The topological polar surface area (TPSA) is 20.2 Å². The van der Waals surface area contributed by atoms with Gasteiger partial charge in [0.1, 0.15) is 5.60 Å². The number of rotatable bonds is 4. The molecule has 2 heteroatoms. The average Bonchev–Trinajstić information content (AvgIpc) is 2.93. The fourth-order valence-corrected chi connectivity index (χ4v) is 3.78. The van der Waals surface area contributed by atoms with Crippen LogP contribution in [0.1, 0.15) is 36.3 Å². The van der Waals surface area contributed by atoms with Crippen LogP contribution in [-0.4, -0.2) is 5.11 Å². The van der Waals surface area contributed by atoms with Crippen LogP contribution in [0.2, 0.25) is 0 Å². The quantitative estimate of drug-likeness (QED) is 0.709. The molecule has 108 valence electrons. The second-order valence-corrected chi connectivity index (χ2v) is 6.75. The Labute approximate surface area is 129 Å². The third kappa shape index (κ3) is 2.74.